The first-order valence-corrected chi connectivity index (χ1v) is 7.92. The molecule has 2 N–H and O–H groups in total. The number of amides is 1. The lowest BCUT2D eigenvalue weighted by Gasteiger charge is -2.14. The fourth-order valence-electron chi connectivity index (χ4n) is 2.07. The predicted molar refractivity (Wildman–Crippen MR) is 89.6 cm³/mol. The maximum atomic E-state index is 13.6. The van der Waals surface area contributed by atoms with Gasteiger partial charge in [-0.3, -0.25) is 4.79 Å². The normalized spacial score (nSPS) is 12.0. The third kappa shape index (κ3) is 5.09. The number of benzene rings is 2. The molecule has 0 saturated heterocycles. The second-order valence-corrected chi connectivity index (χ2v) is 6.46. The summed E-state index contributed by atoms with van der Waals surface area (Å²) in [6.07, 6.45) is 0. The molecule has 2 aromatic carbocycles. The zero-order chi connectivity index (χ0) is 16.1. The third-order valence-corrected chi connectivity index (χ3v) is 3.85. The SMILES string of the molecule is C[NH+](CC(=O)Nc1cc(Cl)ccc1F)Cc1ccc(Br)cc1. The molecule has 0 aliphatic rings. The molecule has 0 bridgehead atoms. The van der Waals surface area contributed by atoms with Crippen molar-refractivity contribution in [1.29, 1.82) is 0 Å². The summed E-state index contributed by atoms with van der Waals surface area (Å²) in [4.78, 5) is 13.0. The van der Waals surface area contributed by atoms with Crippen molar-refractivity contribution in [2.75, 3.05) is 18.9 Å². The Hall–Kier alpha value is -1.43. The molecule has 0 aliphatic carbocycles. The van der Waals surface area contributed by atoms with Crippen molar-refractivity contribution >= 4 is 39.1 Å². The largest absolute Gasteiger partial charge is 0.326 e. The summed E-state index contributed by atoms with van der Waals surface area (Å²) in [5, 5.41) is 2.93. The number of nitrogens with one attached hydrogen (secondary N) is 2. The number of quaternary nitrogens is 1. The smallest absolute Gasteiger partial charge is 0.279 e. The number of carbonyl (C=O) groups is 1. The Morgan fingerprint density at radius 3 is 2.64 bits per heavy atom. The number of rotatable bonds is 5. The van der Waals surface area contributed by atoms with Gasteiger partial charge < -0.3 is 10.2 Å². The lowest BCUT2D eigenvalue weighted by Crippen LogP contribution is -3.08. The molecule has 0 fully saturated rings. The van der Waals surface area contributed by atoms with Gasteiger partial charge in [0, 0.05) is 15.1 Å². The van der Waals surface area contributed by atoms with Crippen LogP contribution in [0.3, 0.4) is 0 Å². The predicted octanol–water partition coefficient (Wildman–Crippen LogP) is 2.90. The molecule has 1 amide bonds. The first kappa shape index (κ1) is 16.9. The minimum atomic E-state index is -0.497. The van der Waals surface area contributed by atoms with E-state index in [-0.39, 0.29) is 18.1 Å². The first-order valence-electron chi connectivity index (χ1n) is 6.74. The molecule has 2 aromatic rings. The van der Waals surface area contributed by atoms with E-state index >= 15 is 0 Å². The van der Waals surface area contributed by atoms with Gasteiger partial charge in [0.2, 0.25) is 0 Å². The van der Waals surface area contributed by atoms with E-state index in [1.165, 1.54) is 18.2 Å². The summed E-state index contributed by atoms with van der Waals surface area (Å²) in [6, 6.07) is 12.0. The van der Waals surface area contributed by atoms with Crippen molar-refractivity contribution in [3.63, 3.8) is 0 Å². The van der Waals surface area contributed by atoms with Crippen LogP contribution in [0.4, 0.5) is 10.1 Å². The quantitative estimate of drug-likeness (QED) is 0.814. The van der Waals surface area contributed by atoms with Crippen LogP contribution < -0.4 is 10.2 Å². The van der Waals surface area contributed by atoms with E-state index in [0.717, 1.165) is 14.9 Å². The monoisotopic (exact) mass is 385 g/mol. The van der Waals surface area contributed by atoms with Crippen LogP contribution in [0.15, 0.2) is 46.9 Å². The van der Waals surface area contributed by atoms with E-state index in [1.54, 1.807) is 0 Å². The van der Waals surface area contributed by atoms with Crippen LogP contribution in [0.25, 0.3) is 0 Å². The van der Waals surface area contributed by atoms with Gasteiger partial charge in [0.1, 0.15) is 12.4 Å². The molecule has 0 spiro atoms. The molecular formula is C16H16BrClFN2O+. The minimum Gasteiger partial charge on any atom is -0.326 e. The molecule has 6 heteroatoms. The Kier molecular flexibility index (Phi) is 5.94. The van der Waals surface area contributed by atoms with Crippen LogP contribution in [-0.4, -0.2) is 19.5 Å². The Morgan fingerprint density at radius 1 is 1.27 bits per heavy atom. The van der Waals surface area contributed by atoms with Crippen LogP contribution in [-0.2, 0) is 11.3 Å². The topological polar surface area (TPSA) is 33.5 Å². The molecule has 3 nitrogen and oxygen atoms in total. The van der Waals surface area contributed by atoms with Gasteiger partial charge in [0.25, 0.3) is 5.91 Å². The van der Waals surface area contributed by atoms with Crippen LogP contribution in [0.2, 0.25) is 5.02 Å². The van der Waals surface area contributed by atoms with E-state index in [1.807, 2.05) is 31.3 Å². The average Bonchev–Trinajstić information content (AvgIpc) is 2.45. The fourth-order valence-corrected chi connectivity index (χ4v) is 2.51. The molecule has 1 unspecified atom stereocenters. The Labute approximate surface area is 142 Å². The molecule has 1 atom stereocenters. The van der Waals surface area contributed by atoms with E-state index in [4.69, 9.17) is 11.6 Å². The van der Waals surface area contributed by atoms with Crippen molar-refractivity contribution in [2.24, 2.45) is 0 Å². The van der Waals surface area contributed by atoms with Gasteiger partial charge in [-0.25, -0.2) is 4.39 Å². The van der Waals surface area contributed by atoms with Gasteiger partial charge in [-0.05, 0) is 30.3 Å². The Balaban J connectivity index is 1.91. The average molecular weight is 387 g/mol. The van der Waals surface area contributed by atoms with Gasteiger partial charge in [-0.15, -0.1) is 0 Å². The van der Waals surface area contributed by atoms with Gasteiger partial charge in [0.15, 0.2) is 6.54 Å². The Morgan fingerprint density at radius 2 is 1.95 bits per heavy atom. The van der Waals surface area contributed by atoms with Crippen LogP contribution >= 0.6 is 27.5 Å². The summed E-state index contributed by atoms with van der Waals surface area (Å²) in [5.41, 5.74) is 1.23. The van der Waals surface area contributed by atoms with Gasteiger partial charge in [0.05, 0.1) is 12.7 Å². The van der Waals surface area contributed by atoms with Gasteiger partial charge >= 0.3 is 0 Å². The zero-order valence-electron chi connectivity index (χ0n) is 12.0. The lowest BCUT2D eigenvalue weighted by molar-refractivity contribution is -0.885. The number of carbonyl (C=O) groups excluding carboxylic acids is 1. The highest BCUT2D eigenvalue weighted by Gasteiger charge is 2.13. The second kappa shape index (κ2) is 7.72. The number of halogens is 3. The molecule has 0 heterocycles. The van der Waals surface area contributed by atoms with Crippen LogP contribution in [0.1, 0.15) is 5.56 Å². The lowest BCUT2D eigenvalue weighted by atomic mass is 10.2. The molecule has 0 saturated carbocycles. The fraction of sp³-hybridized carbons (Fsp3) is 0.188. The summed E-state index contributed by atoms with van der Waals surface area (Å²) < 4.78 is 14.6. The number of likely N-dealkylation sites (N-methyl/N-ethyl adjacent to an activating group) is 1. The van der Waals surface area contributed by atoms with E-state index in [9.17, 15) is 9.18 Å². The molecular weight excluding hydrogens is 371 g/mol. The summed E-state index contributed by atoms with van der Waals surface area (Å²) >= 11 is 9.18. The molecule has 0 aliphatic heterocycles. The van der Waals surface area contributed by atoms with E-state index < -0.39 is 5.82 Å². The molecule has 2 rings (SSSR count). The maximum absolute atomic E-state index is 13.6. The van der Waals surface area contributed by atoms with Crippen molar-refractivity contribution in [2.45, 2.75) is 6.54 Å². The van der Waals surface area contributed by atoms with Crippen molar-refractivity contribution in [1.82, 2.24) is 0 Å². The first-order chi connectivity index (χ1) is 10.4. The van der Waals surface area contributed by atoms with E-state index in [2.05, 4.69) is 21.2 Å². The molecule has 116 valence electrons. The zero-order valence-corrected chi connectivity index (χ0v) is 14.3. The molecule has 0 radical (unpaired) electrons. The Bertz CT molecular complexity index is 664. The number of anilines is 1. The molecule has 0 aromatic heterocycles. The van der Waals surface area contributed by atoms with Crippen LogP contribution in [0.5, 0.6) is 0 Å². The maximum Gasteiger partial charge on any atom is 0.279 e. The third-order valence-electron chi connectivity index (χ3n) is 3.08. The summed E-state index contributed by atoms with van der Waals surface area (Å²) in [7, 11) is 1.91. The molecule has 22 heavy (non-hydrogen) atoms. The standard InChI is InChI=1S/C16H15BrClFN2O/c1-21(9-11-2-4-12(17)5-3-11)10-16(22)20-15-8-13(18)6-7-14(15)19/h2-8H,9-10H2,1H3,(H,20,22)/p+1. The van der Waals surface area contributed by atoms with Crippen molar-refractivity contribution < 1.29 is 14.1 Å². The highest BCUT2D eigenvalue weighted by atomic mass is 79.9. The minimum absolute atomic E-state index is 0.106. The second-order valence-electron chi connectivity index (χ2n) is 5.11. The van der Waals surface area contributed by atoms with Gasteiger partial charge in [-0.2, -0.15) is 0 Å². The van der Waals surface area contributed by atoms with Crippen molar-refractivity contribution in [3.05, 3.63) is 63.3 Å². The summed E-state index contributed by atoms with van der Waals surface area (Å²) in [5.74, 6) is -0.751. The number of hydrogen-bond donors (Lipinski definition) is 2. The summed E-state index contributed by atoms with van der Waals surface area (Å²) in [6.45, 7) is 0.945. The van der Waals surface area contributed by atoms with Crippen molar-refractivity contribution in [3.8, 4) is 0 Å². The van der Waals surface area contributed by atoms with E-state index in [0.29, 0.717) is 11.6 Å². The van der Waals surface area contributed by atoms with Crippen LogP contribution in [0, 0.1) is 5.82 Å². The highest BCUT2D eigenvalue weighted by Crippen LogP contribution is 2.19. The highest BCUT2D eigenvalue weighted by molar-refractivity contribution is 9.10. The van der Waals surface area contributed by atoms with Gasteiger partial charge in [-0.1, -0.05) is 39.7 Å². The number of hydrogen-bond acceptors (Lipinski definition) is 1.